The molecule has 3 rings (SSSR count). The minimum Gasteiger partial charge on any atom is -0.256 e. The first-order valence-electron chi connectivity index (χ1n) is 5.09. The first-order valence-corrected chi connectivity index (χ1v) is 5.09. The predicted molar refractivity (Wildman–Crippen MR) is 64.0 cm³/mol. The molecule has 0 N–H and O–H groups in total. The second kappa shape index (κ2) is 3.06. The van der Waals surface area contributed by atoms with E-state index in [1.807, 2.05) is 12.3 Å². The topological polar surface area (TPSA) is 12.9 Å². The van der Waals surface area contributed by atoms with Crippen LogP contribution < -0.4 is 0 Å². The van der Waals surface area contributed by atoms with E-state index in [1.54, 1.807) is 0 Å². The van der Waals surface area contributed by atoms with Crippen molar-refractivity contribution in [3.8, 4) is 0 Å². The van der Waals surface area contributed by atoms with Crippen LogP contribution in [0.4, 0.5) is 0 Å². The third-order valence-electron chi connectivity index (χ3n) is 2.90. The number of aryl methyl sites for hydroxylation is 1. The number of aromatic nitrogens is 1. The Morgan fingerprint density at radius 2 is 1.73 bits per heavy atom. The molecule has 2 aromatic carbocycles. The van der Waals surface area contributed by atoms with Crippen molar-refractivity contribution in [2.45, 2.75) is 6.92 Å². The lowest BCUT2D eigenvalue weighted by atomic mass is 10.0. The summed E-state index contributed by atoms with van der Waals surface area (Å²) < 4.78 is 0. The third kappa shape index (κ3) is 1.20. The first kappa shape index (κ1) is 8.42. The highest BCUT2D eigenvalue weighted by Crippen LogP contribution is 2.25. The molecule has 0 saturated carbocycles. The maximum absolute atomic E-state index is 4.39. The molecule has 0 amide bonds. The van der Waals surface area contributed by atoms with Crippen LogP contribution in [0.1, 0.15) is 5.56 Å². The number of rotatable bonds is 0. The maximum Gasteiger partial charge on any atom is 0.0711 e. The van der Waals surface area contributed by atoms with Crippen LogP contribution in [0, 0.1) is 6.92 Å². The monoisotopic (exact) mass is 193 g/mol. The quantitative estimate of drug-likeness (QED) is 0.496. The number of nitrogens with zero attached hydrogens (tertiary/aromatic N) is 1. The standard InChI is InChI=1S/C14H11N/c1-10-12-6-3-2-5-11(12)9-14-13(10)7-4-8-15-14/h2-9H,1H3. The van der Waals surface area contributed by atoms with E-state index in [2.05, 4.69) is 48.3 Å². The molecule has 0 unspecified atom stereocenters. The Bertz CT molecular complexity index is 587. The number of hydrogen-bond donors (Lipinski definition) is 0. The summed E-state index contributed by atoms with van der Waals surface area (Å²) >= 11 is 0. The fraction of sp³-hybridized carbons (Fsp3) is 0.0714. The van der Waals surface area contributed by atoms with Gasteiger partial charge in [0.1, 0.15) is 0 Å². The van der Waals surface area contributed by atoms with Crippen molar-refractivity contribution >= 4 is 21.7 Å². The summed E-state index contributed by atoms with van der Waals surface area (Å²) in [5.74, 6) is 0. The Morgan fingerprint density at radius 3 is 2.67 bits per heavy atom. The van der Waals surface area contributed by atoms with Gasteiger partial charge in [0.05, 0.1) is 5.52 Å². The van der Waals surface area contributed by atoms with Gasteiger partial charge in [0, 0.05) is 11.6 Å². The number of benzene rings is 2. The number of hydrogen-bond acceptors (Lipinski definition) is 1. The predicted octanol–water partition coefficient (Wildman–Crippen LogP) is 3.70. The molecule has 0 bridgehead atoms. The summed E-state index contributed by atoms with van der Waals surface area (Å²) in [7, 11) is 0. The fourth-order valence-electron chi connectivity index (χ4n) is 2.11. The average molecular weight is 193 g/mol. The lowest BCUT2D eigenvalue weighted by Crippen LogP contribution is -1.84. The van der Waals surface area contributed by atoms with Gasteiger partial charge in [0.15, 0.2) is 0 Å². The fourth-order valence-corrected chi connectivity index (χ4v) is 2.11. The zero-order chi connectivity index (χ0) is 10.3. The van der Waals surface area contributed by atoms with Gasteiger partial charge >= 0.3 is 0 Å². The molecular weight excluding hydrogens is 182 g/mol. The van der Waals surface area contributed by atoms with Crippen LogP contribution in [-0.2, 0) is 0 Å². The molecule has 0 saturated heterocycles. The Morgan fingerprint density at radius 1 is 0.933 bits per heavy atom. The van der Waals surface area contributed by atoms with Gasteiger partial charge in [-0.1, -0.05) is 30.3 Å². The van der Waals surface area contributed by atoms with Crippen molar-refractivity contribution in [3.05, 3.63) is 54.2 Å². The maximum atomic E-state index is 4.39. The summed E-state index contributed by atoms with van der Waals surface area (Å²) in [6.45, 7) is 2.16. The highest BCUT2D eigenvalue weighted by Gasteiger charge is 2.02. The Balaban J connectivity index is 2.60. The molecule has 0 spiro atoms. The smallest absolute Gasteiger partial charge is 0.0711 e. The first-order chi connectivity index (χ1) is 7.36. The Kier molecular flexibility index (Phi) is 1.72. The summed E-state index contributed by atoms with van der Waals surface area (Å²) in [6, 6.07) is 14.7. The van der Waals surface area contributed by atoms with Crippen LogP contribution in [0.5, 0.6) is 0 Å². The van der Waals surface area contributed by atoms with Gasteiger partial charge in [-0.05, 0) is 35.4 Å². The van der Waals surface area contributed by atoms with Crippen LogP contribution in [0.2, 0.25) is 0 Å². The van der Waals surface area contributed by atoms with Crippen molar-refractivity contribution in [1.82, 2.24) is 4.98 Å². The summed E-state index contributed by atoms with van der Waals surface area (Å²) in [5.41, 5.74) is 2.39. The highest BCUT2D eigenvalue weighted by molar-refractivity contribution is 6.00. The van der Waals surface area contributed by atoms with Crippen molar-refractivity contribution < 1.29 is 0 Å². The van der Waals surface area contributed by atoms with Gasteiger partial charge in [-0.15, -0.1) is 0 Å². The molecule has 1 aromatic heterocycles. The zero-order valence-electron chi connectivity index (χ0n) is 8.57. The SMILES string of the molecule is Cc1c2ccccc2cc2ncccc12. The summed E-state index contributed by atoms with van der Waals surface area (Å²) in [4.78, 5) is 4.39. The molecule has 1 heterocycles. The number of pyridine rings is 1. The van der Waals surface area contributed by atoms with Gasteiger partial charge in [0.25, 0.3) is 0 Å². The molecule has 0 fully saturated rings. The highest BCUT2D eigenvalue weighted by atomic mass is 14.6. The molecule has 0 aliphatic rings. The largest absolute Gasteiger partial charge is 0.256 e. The van der Waals surface area contributed by atoms with Crippen LogP contribution in [0.15, 0.2) is 48.7 Å². The number of fused-ring (bicyclic) bond motifs is 2. The third-order valence-corrected chi connectivity index (χ3v) is 2.90. The second-order valence-electron chi connectivity index (χ2n) is 3.79. The van der Waals surface area contributed by atoms with Crippen LogP contribution in [-0.4, -0.2) is 4.98 Å². The van der Waals surface area contributed by atoms with Crippen LogP contribution in [0.25, 0.3) is 21.7 Å². The normalized spacial score (nSPS) is 11.0. The molecule has 1 heteroatoms. The Hall–Kier alpha value is -1.89. The van der Waals surface area contributed by atoms with E-state index >= 15 is 0 Å². The molecule has 1 nitrogen and oxygen atoms in total. The van der Waals surface area contributed by atoms with E-state index in [4.69, 9.17) is 0 Å². The minimum absolute atomic E-state index is 1.08. The van der Waals surface area contributed by atoms with Gasteiger partial charge in [-0.25, -0.2) is 0 Å². The van der Waals surface area contributed by atoms with Crippen molar-refractivity contribution in [3.63, 3.8) is 0 Å². The average Bonchev–Trinajstić information content (AvgIpc) is 2.30. The molecule has 15 heavy (non-hydrogen) atoms. The van der Waals surface area contributed by atoms with Gasteiger partial charge in [-0.3, -0.25) is 4.98 Å². The lowest BCUT2D eigenvalue weighted by Gasteiger charge is -2.05. The summed E-state index contributed by atoms with van der Waals surface area (Å²) in [6.07, 6.45) is 1.84. The van der Waals surface area contributed by atoms with E-state index in [1.165, 1.54) is 21.7 Å². The molecule has 0 aliphatic heterocycles. The van der Waals surface area contributed by atoms with E-state index in [0.717, 1.165) is 5.52 Å². The van der Waals surface area contributed by atoms with Crippen LogP contribution in [0.3, 0.4) is 0 Å². The Labute approximate surface area is 88.4 Å². The van der Waals surface area contributed by atoms with Crippen LogP contribution >= 0.6 is 0 Å². The second-order valence-corrected chi connectivity index (χ2v) is 3.79. The minimum atomic E-state index is 1.08. The molecule has 72 valence electrons. The zero-order valence-corrected chi connectivity index (χ0v) is 8.57. The summed E-state index contributed by atoms with van der Waals surface area (Å²) in [5, 5.41) is 3.83. The van der Waals surface area contributed by atoms with Gasteiger partial charge in [-0.2, -0.15) is 0 Å². The van der Waals surface area contributed by atoms with Crippen molar-refractivity contribution in [1.29, 1.82) is 0 Å². The van der Waals surface area contributed by atoms with E-state index < -0.39 is 0 Å². The molecule has 0 atom stereocenters. The van der Waals surface area contributed by atoms with Gasteiger partial charge < -0.3 is 0 Å². The lowest BCUT2D eigenvalue weighted by molar-refractivity contribution is 1.41. The molecular formula is C14H11N. The van der Waals surface area contributed by atoms with E-state index in [9.17, 15) is 0 Å². The molecule has 0 aliphatic carbocycles. The van der Waals surface area contributed by atoms with Crippen molar-refractivity contribution in [2.75, 3.05) is 0 Å². The molecule has 3 aromatic rings. The molecule has 0 radical (unpaired) electrons. The van der Waals surface area contributed by atoms with E-state index in [0.29, 0.717) is 0 Å². The van der Waals surface area contributed by atoms with E-state index in [-0.39, 0.29) is 0 Å². The van der Waals surface area contributed by atoms with Gasteiger partial charge in [0.2, 0.25) is 0 Å². The van der Waals surface area contributed by atoms with Crippen molar-refractivity contribution in [2.24, 2.45) is 0 Å².